The van der Waals surface area contributed by atoms with Crippen LogP contribution in [-0.4, -0.2) is 84.4 Å². The minimum absolute atomic E-state index is 0.0411. The summed E-state index contributed by atoms with van der Waals surface area (Å²) in [6, 6.07) is 10.1. The van der Waals surface area contributed by atoms with Crippen LogP contribution in [0.1, 0.15) is 48.0 Å². The third-order valence-electron chi connectivity index (χ3n) is 8.11. The molecule has 1 saturated carbocycles. The van der Waals surface area contributed by atoms with Gasteiger partial charge in [0.1, 0.15) is 0 Å². The maximum absolute atomic E-state index is 13.3. The second kappa shape index (κ2) is 11.1. The summed E-state index contributed by atoms with van der Waals surface area (Å²) in [4.78, 5) is 30.6. The molecule has 1 aliphatic carbocycles. The molecule has 1 unspecified atom stereocenters. The van der Waals surface area contributed by atoms with Gasteiger partial charge in [-0.3, -0.25) is 14.3 Å². The molecule has 1 atom stereocenters. The van der Waals surface area contributed by atoms with E-state index in [1.165, 1.54) is 32.1 Å². The Morgan fingerprint density at radius 1 is 1.11 bits per heavy atom. The quantitative estimate of drug-likeness (QED) is 0.544. The summed E-state index contributed by atoms with van der Waals surface area (Å²) in [6.45, 7) is 5.21. The molecule has 3 heterocycles. The highest BCUT2D eigenvalue weighted by atomic mass is 16.5. The Bertz CT molecular complexity index is 1030. The van der Waals surface area contributed by atoms with Crippen LogP contribution in [0.15, 0.2) is 42.7 Å². The molecule has 3 fully saturated rings. The topological polar surface area (TPSA) is 79.7 Å². The van der Waals surface area contributed by atoms with E-state index < -0.39 is 0 Å². The van der Waals surface area contributed by atoms with E-state index in [0.29, 0.717) is 44.3 Å². The molecule has 0 bridgehead atoms. The zero-order chi connectivity index (χ0) is 25.0. The van der Waals surface area contributed by atoms with E-state index in [1.807, 2.05) is 41.4 Å². The normalized spacial score (nSPS) is 22.0. The van der Waals surface area contributed by atoms with Gasteiger partial charge in [-0.15, -0.1) is 0 Å². The van der Waals surface area contributed by atoms with E-state index in [0.717, 1.165) is 25.3 Å². The van der Waals surface area contributed by atoms with Crippen molar-refractivity contribution in [1.29, 1.82) is 0 Å². The SMILES string of the molecule is CN1CC2(C1)CN(C(=O)c1cnn(Cc3ccccc3)c1)CC2C(=O)NCCOCC1CCCCC1. The standard InChI is InChI=1S/C28H39N5O3/c1-31-19-28(20-31)21-32(27(35)24-14-30-33(16-24)15-22-8-4-2-5-9-22)17-25(28)26(34)29-12-13-36-18-23-10-6-3-7-11-23/h2,4-5,8-9,14,16,23,25H,3,6-7,10-13,15,17-21H2,1H3,(H,29,34). The predicted octanol–water partition coefficient (Wildman–Crippen LogP) is 2.65. The summed E-state index contributed by atoms with van der Waals surface area (Å²) >= 11 is 0. The summed E-state index contributed by atoms with van der Waals surface area (Å²) in [7, 11) is 2.07. The Kier molecular flexibility index (Phi) is 7.72. The van der Waals surface area contributed by atoms with E-state index in [9.17, 15) is 9.59 Å². The van der Waals surface area contributed by atoms with Crippen molar-refractivity contribution < 1.29 is 14.3 Å². The van der Waals surface area contributed by atoms with Crippen molar-refractivity contribution in [2.24, 2.45) is 17.3 Å². The van der Waals surface area contributed by atoms with Crippen LogP contribution in [0, 0.1) is 17.3 Å². The van der Waals surface area contributed by atoms with Crippen LogP contribution in [0.2, 0.25) is 0 Å². The minimum Gasteiger partial charge on any atom is -0.379 e. The van der Waals surface area contributed by atoms with Gasteiger partial charge in [0.05, 0.1) is 30.8 Å². The van der Waals surface area contributed by atoms with E-state index in [2.05, 4.69) is 22.4 Å². The second-order valence-electron chi connectivity index (χ2n) is 11.1. The highest BCUT2D eigenvalue weighted by Crippen LogP contribution is 2.43. The Morgan fingerprint density at radius 2 is 1.89 bits per heavy atom. The maximum atomic E-state index is 13.3. The molecular weight excluding hydrogens is 454 g/mol. The third-order valence-corrected chi connectivity index (χ3v) is 8.11. The van der Waals surface area contributed by atoms with Crippen LogP contribution in [0.3, 0.4) is 0 Å². The number of hydrogen-bond donors (Lipinski definition) is 1. The van der Waals surface area contributed by atoms with Crippen molar-refractivity contribution in [3.63, 3.8) is 0 Å². The van der Waals surface area contributed by atoms with E-state index >= 15 is 0 Å². The molecule has 1 aromatic carbocycles. The number of nitrogens with zero attached hydrogens (tertiary/aromatic N) is 4. The first-order valence-electron chi connectivity index (χ1n) is 13.4. The monoisotopic (exact) mass is 493 g/mol. The fourth-order valence-electron chi connectivity index (χ4n) is 6.32. The molecular formula is C28H39N5O3. The number of carbonyl (C=O) groups is 2. The van der Waals surface area contributed by atoms with Gasteiger partial charge in [0, 0.05) is 50.9 Å². The molecule has 5 rings (SSSR count). The van der Waals surface area contributed by atoms with Crippen LogP contribution in [0.25, 0.3) is 0 Å². The highest BCUT2D eigenvalue weighted by Gasteiger charge is 2.56. The van der Waals surface area contributed by atoms with E-state index in [1.54, 1.807) is 10.9 Å². The fourth-order valence-corrected chi connectivity index (χ4v) is 6.32. The molecule has 3 aliphatic rings. The molecule has 1 spiro atoms. The Balaban J connectivity index is 1.14. The van der Waals surface area contributed by atoms with Crippen LogP contribution in [-0.2, 0) is 16.1 Å². The van der Waals surface area contributed by atoms with Gasteiger partial charge in [0.25, 0.3) is 5.91 Å². The number of likely N-dealkylation sites (tertiary alicyclic amines) is 2. The van der Waals surface area contributed by atoms with Gasteiger partial charge >= 0.3 is 0 Å². The van der Waals surface area contributed by atoms with Crippen LogP contribution >= 0.6 is 0 Å². The number of carbonyl (C=O) groups excluding carboxylic acids is 2. The molecule has 8 nitrogen and oxygen atoms in total. The lowest BCUT2D eigenvalue weighted by Gasteiger charge is -2.48. The molecule has 2 amide bonds. The van der Waals surface area contributed by atoms with Crippen molar-refractivity contribution in [3.8, 4) is 0 Å². The lowest BCUT2D eigenvalue weighted by molar-refractivity contribution is -0.132. The molecule has 1 N–H and O–H groups in total. The Hall–Kier alpha value is -2.71. The number of nitrogens with one attached hydrogen (secondary N) is 1. The van der Waals surface area contributed by atoms with Crippen molar-refractivity contribution >= 4 is 11.8 Å². The lowest BCUT2D eigenvalue weighted by atomic mass is 9.71. The number of benzene rings is 1. The van der Waals surface area contributed by atoms with Gasteiger partial charge in [0.15, 0.2) is 0 Å². The van der Waals surface area contributed by atoms with Gasteiger partial charge in [0.2, 0.25) is 5.91 Å². The molecule has 2 aromatic rings. The minimum atomic E-state index is -0.199. The number of rotatable bonds is 9. The summed E-state index contributed by atoms with van der Waals surface area (Å²) in [5, 5.41) is 7.49. The second-order valence-corrected chi connectivity index (χ2v) is 11.1. The summed E-state index contributed by atoms with van der Waals surface area (Å²) in [5.41, 5.74) is 1.54. The van der Waals surface area contributed by atoms with Crippen LogP contribution in [0.4, 0.5) is 0 Å². The predicted molar refractivity (Wildman–Crippen MR) is 137 cm³/mol. The molecule has 1 aromatic heterocycles. The molecule has 194 valence electrons. The van der Waals surface area contributed by atoms with Crippen molar-refractivity contribution in [3.05, 3.63) is 53.9 Å². The zero-order valence-corrected chi connectivity index (χ0v) is 21.4. The van der Waals surface area contributed by atoms with E-state index in [4.69, 9.17) is 4.74 Å². The molecule has 2 saturated heterocycles. The van der Waals surface area contributed by atoms with Crippen molar-refractivity contribution in [2.45, 2.75) is 38.6 Å². The van der Waals surface area contributed by atoms with Gasteiger partial charge in [-0.05, 0) is 31.4 Å². The zero-order valence-electron chi connectivity index (χ0n) is 21.4. The number of ether oxygens (including phenoxy) is 1. The van der Waals surface area contributed by atoms with Crippen LogP contribution < -0.4 is 5.32 Å². The molecule has 2 aliphatic heterocycles. The number of amides is 2. The highest BCUT2D eigenvalue weighted by molar-refractivity contribution is 5.95. The number of aromatic nitrogens is 2. The fraction of sp³-hybridized carbons (Fsp3) is 0.607. The average molecular weight is 494 g/mol. The third kappa shape index (κ3) is 5.65. The maximum Gasteiger partial charge on any atom is 0.257 e. The smallest absolute Gasteiger partial charge is 0.257 e. The lowest BCUT2D eigenvalue weighted by Crippen LogP contribution is -2.61. The Morgan fingerprint density at radius 3 is 2.64 bits per heavy atom. The summed E-state index contributed by atoms with van der Waals surface area (Å²) in [5.74, 6) is 0.471. The van der Waals surface area contributed by atoms with Gasteiger partial charge < -0.3 is 19.9 Å². The summed E-state index contributed by atoms with van der Waals surface area (Å²) < 4.78 is 7.66. The van der Waals surface area contributed by atoms with Gasteiger partial charge in [-0.2, -0.15) is 5.10 Å². The van der Waals surface area contributed by atoms with Crippen LogP contribution in [0.5, 0.6) is 0 Å². The van der Waals surface area contributed by atoms with Crippen molar-refractivity contribution in [2.75, 3.05) is 53.0 Å². The largest absolute Gasteiger partial charge is 0.379 e. The van der Waals surface area contributed by atoms with Gasteiger partial charge in [-0.25, -0.2) is 0 Å². The average Bonchev–Trinajstić information content (AvgIpc) is 3.50. The summed E-state index contributed by atoms with van der Waals surface area (Å²) in [6.07, 6.45) is 9.95. The Labute approximate surface area is 214 Å². The van der Waals surface area contributed by atoms with Crippen molar-refractivity contribution in [1.82, 2.24) is 24.9 Å². The van der Waals surface area contributed by atoms with E-state index in [-0.39, 0.29) is 23.1 Å². The molecule has 0 radical (unpaired) electrons. The first-order chi connectivity index (χ1) is 17.5. The first-order valence-corrected chi connectivity index (χ1v) is 13.4. The molecule has 36 heavy (non-hydrogen) atoms. The number of hydrogen-bond acceptors (Lipinski definition) is 5. The van der Waals surface area contributed by atoms with Gasteiger partial charge in [-0.1, -0.05) is 49.6 Å². The molecule has 8 heteroatoms. The first kappa shape index (κ1) is 25.0.